The summed E-state index contributed by atoms with van der Waals surface area (Å²) in [7, 11) is 0. The molecule has 4 rings (SSSR count). The maximum absolute atomic E-state index is 12.9. The molecule has 0 bridgehead atoms. The summed E-state index contributed by atoms with van der Waals surface area (Å²) in [4.78, 5) is 40.8. The summed E-state index contributed by atoms with van der Waals surface area (Å²) in [5, 5.41) is 6.06. The van der Waals surface area contributed by atoms with Gasteiger partial charge in [-0.25, -0.2) is 4.98 Å². The first-order valence-corrected chi connectivity index (χ1v) is 7.63. The average molecular weight is 312 g/mol. The number of rotatable bonds is 1. The summed E-state index contributed by atoms with van der Waals surface area (Å²) < 4.78 is 1.42. The number of carbonyl (C=O) groups excluding carboxylic acids is 2. The number of hydrogen-bond donors (Lipinski definition) is 2. The van der Waals surface area contributed by atoms with Crippen LogP contribution in [0.4, 0.5) is 0 Å². The molecule has 3 heterocycles. The minimum atomic E-state index is -0.677. The molecule has 118 valence electrons. The fraction of sp³-hybridized carbons (Fsp3) is 0.375. The number of aromatic nitrogens is 2. The second-order valence-electron chi connectivity index (χ2n) is 6.04. The lowest BCUT2D eigenvalue weighted by Crippen LogP contribution is -2.45. The van der Waals surface area contributed by atoms with Crippen LogP contribution in [0.15, 0.2) is 16.9 Å². The zero-order chi connectivity index (χ0) is 16.1. The van der Waals surface area contributed by atoms with Crippen molar-refractivity contribution in [3.8, 4) is 0 Å². The Kier molecular flexibility index (Phi) is 3.05. The van der Waals surface area contributed by atoms with Crippen molar-refractivity contribution < 1.29 is 9.59 Å². The first-order valence-electron chi connectivity index (χ1n) is 7.63. The van der Waals surface area contributed by atoms with E-state index in [1.54, 1.807) is 6.92 Å². The van der Waals surface area contributed by atoms with Crippen LogP contribution in [0.1, 0.15) is 35.8 Å². The van der Waals surface area contributed by atoms with E-state index in [2.05, 4.69) is 15.6 Å². The number of imide groups is 1. The minimum Gasteiger partial charge on any atom is -0.309 e. The molecule has 2 aliphatic heterocycles. The van der Waals surface area contributed by atoms with Gasteiger partial charge in [-0.2, -0.15) is 0 Å². The molecule has 1 aromatic carbocycles. The van der Waals surface area contributed by atoms with Crippen LogP contribution < -0.4 is 16.2 Å². The summed E-state index contributed by atoms with van der Waals surface area (Å²) in [6.07, 6.45) is 0.555. The molecule has 7 nitrogen and oxygen atoms in total. The van der Waals surface area contributed by atoms with Crippen LogP contribution in [-0.2, 0) is 22.7 Å². The van der Waals surface area contributed by atoms with Crippen LogP contribution >= 0.6 is 0 Å². The fourth-order valence-corrected chi connectivity index (χ4v) is 3.40. The number of nitrogens with zero attached hydrogens (tertiary/aromatic N) is 2. The van der Waals surface area contributed by atoms with Crippen molar-refractivity contribution in [2.24, 2.45) is 0 Å². The third-order valence-corrected chi connectivity index (χ3v) is 4.55. The molecule has 1 fully saturated rings. The second kappa shape index (κ2) is 4.99. The van der Waals surface area contributed by atoms with Gasteiger partial charge >= 0.3 is 0 Å². The van der Waals surface area contributed by atoms with Crippen molar-refractivity contribution in [3.63, 3.8) is 0 Å². The Balaban J connectivity index is 1.90. The number of benzene rings is 1. The lowest BCUT2D eigenvalue weighted by Gasteiger charge is -2.24. The normalized spacial score (nSPS) is 20.7. The van der Waals surface area contributed by atoms with Gasteiger partial charge in [0.15, 0.2) is 0 Å². The number of nitrogens with one attached hydrogen (secondary N) is 2. The number of carbonyl (C=O) groups is 2. The quantitative estimate of drug-likeness (QED) is 0.738. The van der Waals surface area contributed by atoms with Crippen LogP contribution in [0.2, 0.25) is 0 Å². The molecular weight excluding hydrogens is 296 g/mol. The molecule has 1 saturated heterocycles. The molecule has 23 heavy (non-hydrogen) atoms. The van der Waals surface area contributed by atoms with Gasteiger partial charge in [-0.3, -0.25) is 24.3 Å². The van der Waals surface area contributed by atoms with Crippen LogP contribution in [0, 0.1) is 6.92 Å². The Morgan fingerprint density at radius 3 is 2.65 bits per heavy atom. The molecule has 2 amide bonds. The van der Waals surface area contributed by atoms with Crippen molar-refractivity contribution in [2.75, 3.05) is 0 Å². The molecule has 0 spiro atoms. The maximum atomic E-state index is 12.9. The summed E-state index contributed by atoms with van der Waals surface area (Å²) in [6.45, 7) is 3.23. The van der Waals surface area contributed by atoms with Gasteiger partial charge in [0, 0.05) is 19.5 Å². The van der Waals surface area contributed by atoms with Crippen molar-refractivity contribution >= 4 is 22.7 Å². The summed E-state index contributed by atoms with van der Waals surface area (Å²) >= 11 is 0. The highest BCUT2D eigenvalue weighted by molar-refractivity contribution is 5.99. The van der Waals surface area contributed by atoms with Gasteiger partial charge in [0.05, 0.1) is 10.9 Å². The van der Waals surface area contributed by atoms with Crippen LogP contribution in [0.3, 0.4) is 0 Å². The molecule has 0 saturated carbocycles. The first-order chi connectivity index (χ1) is 11.0. The number of amides is 2. The summed E-state index contributed by atoms with van der Waals surface area (Å²) in [6, 6.07) is 3.12. The van der Waals surface area contributed by atoms with Crippen molar-refractivity contribution in [1.29, 1.82) is 0 Å². The maximum Gasteiger partial charge on any atom is 0.262 e. The number of aryl methyl sites for hydroxylation is 1. The molecule has 1 atom stereocenters. The zero-order valence-electron chi connectivity index (χ0n) is 12.7. The highest BCUT2D eigenvalue weighted by Crippen LogP contribution is 2.23. The van der Waals surface area contributed by atoms with E-state index < -0.39 is 11.9 Å². The molecule has 2 aromatic rings. The third-order valence-electron chi connectivity index (χ3n) is 4.55. The van der Waals surface area contributed by atoms with E-state index in [4.69, 9.17) is 0 Å². The van der Waals surface area contributed by atoms with E-state index in [9.17, 15) is 14.4 Å². The fourth-order valence-electron chi connectivity index (χ4n) is 3.40. The van der Waals surface area contributed by atoms with Gasteiger partial charge in [0.2, 0.25) is 11.8 Å². The molecule has 0 unspecified atom stereocenters. The largest absolute Gasteiger partial charge is 0.309 e. The van der Waals surface area contributed by atoms with Crippen molar-refractivity contribution in [1.82, 2.24) is 20.2 Å². The van der Waals surface area contributed by atoms with Gasteiger partial charge in [0.1, 0.15) is 11.9 Å². The van der Waals surface area contributed by atoms with E-state index >= 15 is 0 Å². The number of fused-ring (bicyclic) bond motifs is 2. The molecule has 0 aliphatic carbocycles. The molecule has 7 heteroatoms. The SMILES string of the molecule is Cc1nc2cc3c(cc2c(=O)n1[C@H]1CCC(=O)NC1=O)CNC3. The highest BCUT2D eigenvalue weighted by Gasteiger charge is 2.30. The van der Waals surface area contributed by atoms with Gasteiger partial charge in [-0.15, -0.1) is 0 Å². The smallest absolute Gasteiger partial charge is 0.262 e. The Morgan fingerprint density at radius 1 is 1.17 bits per heavy atom. The summed E-state index contributed by atoms with van der Waals surface area (Å²) in [5.74, 6) is -0.243. The van der Waals surface area contributed by atoms with E-state index in [0.29, 0.717) is 23.1 Å². The lowest BCUT2D eigenvalue weighted by atomic mass is 10.0. The van der Waals surface area contributed by atoms with Crippen LogP contribution in [-0.4, -0.2) is 21.4 Å². The number of hydrogen-bond acceptors (Lipinski definition) is 5. The Bertz CT molecular complexity index is 916. The van der Waals surface area contributed by atoms with Gasteiger partial charge in [-0.1, -0.05) is 0 Å². The van der Waals surface area contributed by atoms with Crippen molar-refractivity contribution in [3.05, 3.63) is 39.4 Å². The molecule has 0 radical (unpaired) electrons. The standard InChI is InChI=1S/C16H16N4O3/c1-8-18-12-5-10-7-17-6-9(10)4-11(12)16(23)20(8)13-2-3-14(21)19-15(13)22/h4-5,13,17H,2-3,6-7H2,1H3,(H,19,21,22)/t13-/m0/s1. The molecule has 1 aromatic heterocycles. The van der Waals surface area contributed by atoms with Gasteiger partial charge in [0.25, 0.3) is 5.56 Å². The average Bonchev–Trinajstić information content (AvgIpc) is 2.95. The topological polar surface area (TPSA) is 93.1 Å². The zero-order valence-corrected chi connectivity index (χ0v) is 12.7. The van der Waals surface area contributed by atoms with Crippen LogP contribution in [0.5, 0.6) is 0 Å². The lowest BCUT2D eigenvalue weighted by molar-refractivity contribution is -0.135. The van der Waals surface area contributed by atoms with E-state index in [-0.39, 0.29) is 17.9 Å². The highest BCUT2D eigenvalue weighted by atomic mass is 16.2. The Labute approximate surface area is 131 Å². The molecule has 2 aliphatic rings. The Hall–Kier alpha value is -2.54. The predicted octanol–water partition coefficient (Wildman–Crippen LogP) is 0.286. The molecule has 2 N–H and O–H groups in total. The predicted molar refractivity (Wildman–Crippen MR) is 82.7 cm³/mol. The van der Waals surface area contributed by atoms with E-state index in [0.717, 1.165) is 24.2 Å². The third kappa shape index (κ3) is 2.16. The minimum absolute atomic E-state index is 0.225. The van der Waals surface area contributed by atoms with E-state index in [1.165, 1.54) is 4.57 Å². The summed E-state index contributed by atoms with van der Waals surface area (Å²) in [5.41, 5.74) is 2.67. The number of piperidine rings is 1. The second-order valence-corrected chi connectivity index (χ2v) is 6.04. The van der Waals surface area contributed by atoms with Crippen molar-refractivity contribution in [2.45, 2.75) is 38.9 Å². The molecular formula is C16H16N4O3. The Morgan fingerprint density at radius 2 is 1.91 bits per heavy atom. The van der Waals surface area contributed by atoms with Gasteiger partial charge < -0.3 is 5.32 Å². The first kappa shape index (κ1) is 14.1. The van der Waals surface area contributed by atoms with E-state index in [1.807, 2.05) is 12.1 Å². The van der Waals surface area contributed by atoms with Gasteiger partial charge in [-0.05, 0) is 36.6 Å². The van der Waals surface area contributed by atoms with Crippen LogP contribution in [0.25, 0.3) is 10.9 Å². The monoisotopic (exact) mass is 312 g/mol.